The monoisotopic (exact) mass is 337 g/mol. The average Bonchev–Trinajstić information content (AvgIpc) is 2.86. The maximum absolute atomic E-state index is 12.5. The molecule has 7 nitrogen and oxygen atoms in total. The molecule has 0 fully saturated rings. The fraction of sp³-hybridized carbons (Fsp3) is 0.333. The van der Waals surface area contributed by atoms with Gasteiger partial charge in [-0.15, -0.1) is 0 Å². The third kappa shape index (κ3) is 3.53. The van der Waals surface area contributed by atoms with E-state index in [0.717, 1.165) is 5.56 Å². The first-order chi connectivity index (χ1) is 10.6. The molecule has 0 spiro atoms. The molecule has 2 rings (SSSR count). The van der Waals surface area contributed by atoms with Crippen molar-refractivity contribution < 1.29 is 18.3 Å². The van der Waals surface area contributed by atoms with Gasteiger partial charge in [0.05, 0.1) is 17.6 Å². The van der Waals surface area contributed by atoms with E-state index in [4.69, 9.17) is 0 Å². The first-order valence-electron chi connectivity index (χ1n) is 7.02. The van der Waals surface area contributed by atoms with Gasteiger partial charge in [0.1, 0.15) is 0 Å². The highest BCUT2D eigenvalue weighted by Gasteiger charge is 2.22. The van der Waals surface area contributed by atoms with E-state index in [-0.39, 0.29) is 22.3 Å². The van der Waals surface area contributed by atoms with Crippen molar-refractivity contribution in [3.63, 3.8) is 0 Å². The molecular formula is C15H19N3O4S. The lowest BCUT2D eigenvalue weighted by molar-refractivity contribution is 0.0697. The van der Waals surface area contributed by atoms with E-state index in [1.807, 2.05) is 13.8 Å². The van der Waals surface area contributed by atoms with Crippen LogP contribution < -0.4 is 4.72 Å². The molecule has 2 aromatic rings. The number of aromatic carboxylic acids is 1. The summed E-state index contributed by atoms with van der Waals surface area (Å²) in [5.41, 5.74) is 1.22. The SMILES string of the molecule is Cc1cc(C)c(C(=O)O)c(NS(=O)(=O)c2cn(C(C)C)cn2)c1. The second kappa shape index (κ2) is 6.04. The van der Waals surface area contributed by atoms with Crippen LogP contribution in [0.3, 0.4) is 0 Å². The van der Waals surface area contributed by atoms with Crippen molar-refractivity contribution in [2.75, 3.05) is 4.72 Å². The summed E-state index contributed by atoms with van der Waals surface area (Å²) in [5, 5.41) is 9.18. The van der Waals surface area contributed by atoms with Crippen LogP contribution in [0.1, 0.15) is 41.4 Å². The lowest BCUT2D eigenvalue weighted by Gasteiger charge is -2.12. The number of hydrogen-bond donors (Lipinski definition) is 2. The second-order valence-electron chi connectivity index (χ2n) is 5.67. The number of nitrogens with zero attached hydrogens (tertiary/aromatic N) is 2. The summed E-state index contributed by atoms with van der Waals surface area (Å²) >= 11 is 0. The van der Waals surface area contributed by atoms with E-state index < -0.39 is 16.0 Å². The Bertz CT molecular complexity index is 854. The number of benzene rings is 1. The van der Waals surface area contributed by atoms with Crippen LogP contribution in [0, 0.1) is 13.8 Å². The van der Waals surface area contributed by atoms with E-state index in [1.54, 1.807) is 24.5 Å². The third-order valence-electron chi connectivity index (χ3n) is 3.39. The maximum Gasteiger partial charge on any atom is 0.338 e. The van der Waals surface area contributed by atoms with Crippen LogP contribution in [0.2, 0.25) is 0 Å². The molecule has 0 radical (unpaired) electrons. The molecule has 0 aliphatic heterocycles. The van der Waals surface area contributed by atoms with Gasteiger partial charge in [0.25, 0.3) is 10.0 Å². The molecule has 124 valence electrons. The minimum Gasteiger partial charge on any atom is -0.478 e. The van der Waals surface area contributed by atoms with Crippen molar-refractivity contribution in [2.24, 2.45) is 0 Å². The van der Waals surface area contributed by atoms with Crippen LogP contribution in [0.4, 0.5) is 5.69 Å². The Morgan fingerprint density at radius 3 is 2.48 bits per heavy atom. The smallest absolute Gasteiger partial charge is 0.338 e. The van der Waals surface area contributed by atoms with Gasteiger partial charge in [-0.1, -0.05) is 6.07 Å². The normalized spacial score (nSPS) is 11.7. The Kier molecular flexibility index (Phi) is 4.46. The number of aryl methyl sites for hydroxylation is 2. The van der Waals surface area contributed by atoms with Crippen molar-refractivity contribution >= 4 is 21.7 Å². The first-order valence-corrected chi connectivity index (χ1v) is 8.51. The van der Waals surface area contributed by atoms with Crippen LogP contribution in [-0.2, 0) is 10.0 Å². The van der Waals surface area contributed by atoms with E-state index in [0.29, 0.717) is 5.56 Å². The Balaban J connectivity index is 2.46. The summed E-state index contributed by atoms with van der Waals surface area (Å²) in [6.45, 7) is 7.20. The first kappa shape index (κ1) is 17.0. The zero-order valence-electron chi connectivity index (χ0n) is 13.4. The number of carbonyl (C=O) groups is 1. The highest BCUT2D eigenvalue weighted by atomic mass is 32.2. The standard InChI is InChI=1S/C15H19N3O4S/c1-9(2)18-7-13(16-8-18)23(21,22)17-12-6-10(3)5-11(4)14(12)15(19)20/h5-9,17H,1-4H3,(H,19,20). The van der Waals surface area contributed by atoms with Gasteiger partial charge in [-0.05, 0) is 44.9 Å². The molecule has 1 heterocycles. The van der Waals surface area contributed by atoms with Crippen molar-refractivity contribution in [1.29, 1.82) is 0 Å². The zero-order chi connectivity index (χ0) is 17.4. The zero-order valence-corrected chi connectivity index (χ0v) is 14.2. The molecule has 0 atom stereocenters. The van der Waals surface area contributed by atoms with Crippen LogP contribution in [0.25, 0.3) is 0 Å². The number of sulfonamides is 1. The second-order valence-corrected chi connectivity index (χ2v) is 7.30. The number of hydrogen-bond acceptors (Lipinski definition) is 4. The average molecular weight is 337 g/mol. The molecule has 0 saturated carbocycles. The van der Waals surface area contributed by atoms with Crippen LogP contribution >= 0.6 is 0 Å². The van der Waals surface area contributed by atoms with Gasteiger partial charge in [0, 0.05) is 12.2 Å². The molecule has 0 aliphatic rings. The fourth-order valence-electron chi connectivity index (χ4n) is 2.27. The maximum atomic E-state index is 12.5. The van der Waals surface area contributed by atoms with Gasteiger partial charge in [-0.25, -0.2) is 9.78 Å². The Morgan fingerprint density at radius 2 is 1.96 bits per heavy atom. The number of carboxylic acid groups (broad SMARTS) is 1. The highest BCUT2D eigenvalue weighted by molar-refractivity contribution is 7.92. The predicted molar refractivity (Wildman–Crippen MR) is 86.3 cm³/mol. The Labute approximate surface area is 135 Å². The molecule has 0 amide bonds. The van der Waals surface area contributed by atoms with E-state index >= 15 is 0 Å². The molecule has 0 bridgehead atoms. The van der Waals surface area contributed by atoms with Crippen LogP contribution in [0.5, 0.6) is 0 Å². The molecule has 8 heteroatoms. The van der Waals surface area contributed by atoms with Gasteiger partial charge < -0.3 is 9.67 Å². The van der Waals surface area contributed by atoms with Gasteiger partial charge in [-0.3, -0.25) is 4.72 Å². The van der Waals surface area contributed by atoms with Crippen LogP contribution in [-0.4, -0.2) is 29.0 Å². The topological polar surface area (TPSA) is 101 Å². The van der Waals surface area contributed by atoms with E-state index in [9.17, 15) is 18.3 Å². The molecule has 23 heavy (non-hydrogen) atoms. The number of anilines is 1. The third-order valence-corrected chi connectivity index (χ3v) is 4.64. The van der Waals surface area contributed by atoms with E-state index in [2.05, 4.69) is 9.71 Å². The summed E-state index contributed by atoms with van der Waals surface area (Å²) in [4.78, 5) is 15.3. The number of nitrogens with one attached hydrogen (secondary N) is 1. The Hall–Kier alpha value is -2.35. The molecule has 2 N–H and O–H groups in total. The largest absolute Gasteiger partial charge is 0.478 e. The molecule has 1 aromatic heterocycles. The Morgan fingerprint density at radius 1 is 1.30 bits per heavy atom. The number of imidazole rings is 1. The summed E-state index contributed by atoms with van der Waals surface area (Å²) < 4.78 is 28.9. The van der Waals surface area contributed by atoms with E-state index in [1.165, 1.54) is 18.6 Å². The van der Waals surface area contributed by atoms with Crippen molar-refractivity contribution in [2.45, 2.75) is 38.8 Å². The minimum atomic E-state index is -3.96. The minimum absolute atomic E-state index is 0.0362. The van der Waals surface area contributed by atoms with Gasteiger partial charge >= 0.3 is 5.97 Å². The fourth-order valence-corrected chi connectivity index (χ4v) is 3.27. The van der Waals surface area contributed by atoms with Gasteiger partial charge in [0.15, 0.2) is 5.03 Å². The summed E-state index contributed by atoms with van der Waals surface area (Å²) in [6.07, 6.45) is 2.84. The molecule has 0 saturated heterocycles. The summed E-state index contributed by atoms with van der Waals surface area (Å²) in [7, 11) is -3.96. The van der Waals surface area contributed by atoms with Crippen molar-refractivity contribution in [3.05, 3.63) is 41.3 Å². The highest BCUT2D eigenvalue weighted by Crippen LogP contribution is 2.25. The van der Waals surface area contributed by atoms with Crippen LogP contribution in [0.15, 0.2) is 29.7 Å². The van der Waals surface area contributed by atoms with Gasteiger partial charge in [-0.2, -0.15) is 8.42 Å². The number of rotatable bonds is 5. The molecule has 0 unspecified atom stereocenters. The summed E-state index contributed by atoms with van der Waals surface area (Å²) in [6, 6.07) is 3.25. The lowest BCUT2D eigenvalue weighted by atomic mass is 10.0. The number of aromatic nitrogens is 2. The number of carboxylic acids is 1. The van der Waals surface area contributed by atoms with Gasteiger partial charge in [0.2, 0.25) is 0 Å². The van der Waals surface area contributed by atoms with Crippen molar-refractivity contribution in [1.82, 2.24) is 9.55 Å². The molecule has 0 aliphatic carbocycles. The quantitative estimate of drug-likeness (QED) is 0.873. The molecular weight excluding hydrogens is 318 g/mol. The van der Waals surface area contributed by atoms with Crippen molar-refractivity contribution in [3.8, 4) is 0 Å². The summed E-state index contributed by atoms with van der Waals surface area (Å²) in [5.74, 6) is -1.19. The molecule has 1 aromatic carbocycles. The predicted octanol–water partition coefficient (Wildman–Crippen LogP) is 2.58. The lowest BCUT2D eigenvalue weighted by Crippen LogP contribution is -2.17.